The number of benzene rings is 1. The van der Waals surface area contributed by atoms with Crippen molar-refractivity contribution in [1.29, 1.82) is 5.26 Å². The van der Waals surface area contributed by atoms with Gasteiger partial charge in [0.25, 0.3) is 5.56 Å². The second kappa shape index (κ2) is 7.04. The second-order valence-electron chi connectivity index (χ2n) is 5.92. The summed E-state index contributed by atoms with van der Waals surface area (Å²) in [6.45, 7) is 4.79. The molecule has 8 heteroatoms. The highest BCUT2D eigenvalue weighted by Gasteiger charge is 2.30. The Balaban J connectivity index is 2.61. The maximum atomic E-state index is 12.8. The predicted molar refractivity (Wildman–Crippen MR) is 90.9 cm³/mol. The van der Waals surface area contributed by atoms with Gasteiger partial charge in [-0.15, -0.1) is 0 Å². The van der Waals surface area contributed by atoms with Crippen molar-refractivity contribution in [2.75, 3.05) is 0 Å². The number of aromatic nitrogens is 1. The first-order valence-electron chi connectivity index (χ1n) is 7.67. The van der Waals surface area contributed by atoms with E-state index in [0.717, 1.165) is 22.9 Å². The Bertz CT molecular complexity index is 967. The minimum absolute atomic E-state index is 0.0272. The zero-order chi connectivity index (χ0) is 19.6. The van der Waals surface area contributed by atoms with Crippen LogP contribution in [0.1, 0.15) is 42.1 Å². The molecule has 0 unspecified atom stereocenters. The van der Waals surface area contributed by atoms with Gasteiger partial charge in [0.2, 0.25) is 5.88 Å². The second-order valence-corrected chi connectivity index (χ2v) is 5.92. The summed E-state index contributed by atoms with van der Waals surface area (Å²) in [4.78, 5) is 16.2. The Morgan fingerprint density at radius 2 is 2.00 bits per heavy atom. The lowest BCUT2D eigenvalue weighted by Gasteiger charge is -2.16. The first-order chi connectivity index (χ1) is 12.1. The fourth-order valence-corrected chi connectivity index (χ4v) is 2.48. The van der Waals surface area contributed by atoms with Crippen LogP contribution in [0.3, 0.4) is 0 Å². The van der Waals surface area contributed by atoms with Crippen LogP contribution in [0.15, 0.2) is 34.1 Å². The van der Waals surface area contributed by atoms with Crippen LogP contribution in [0.2, 0.25) is 0 Å². The van der Waals surface area contributed by atoms with E-state index in [1.807, 2.05) is 0 Å². The van der Waals surface area contributed by atoms with Gasteiger partial charge in [-0.1, -0.05) is 6.07 Å². The highest BCUT2D eigenvalue weighted by molar-refractivity contribution is 5.87. The van der Waals surface area contributed by atoms with Gasteiger partial charge >= 0.3 is 6.18 Å². The molecule has 5 nitrogen and oxygen atoms in total. The van der Waals surface area contributed by atoms with E-state index in [1.54, 1.807) is 19.9 Å². The highest BCUT2D eigenvalue weighted by atomic mass is 19.4. The number of rotatable bonds is 3. The minimum atomic E-state index is -4.50. The van der Waals surface area contributed by atoms with Crippen molar-refractivity contribution in [2.45, 2.75) is 33.0 Å². The van der Waals surface area contributed by atoms with Crippen LogP contribution in [0.5, 0.6) is 5.88 Å². The van der Waals surface area contributed by atoms with E-state index in [9.17, 15) is 28.3 Å². The molecule has 26 heavy (non-hydrogen) atoms. The number of alkyl halides is 3. The van der Waals surface area contributed by atoms with Crippen LogP contribution in [-0.4, -0.2) is 15.9 Å². The van der Waals surface area contributed by atoms with Crippen molar-refractivity contribution >= 4 is 11.9 Å². The van der Waals surface area contributed by atoms with Crippen molar-refractivity contribution < 1.29 is 18.3 Å². The molecule has 1 N–H and O–H groups in total. The lowest BCUT2D eigenvalue weighted by Crippen LogP contribution is -2.26. The van der Waals surface area contributed by atoms with Crippen molar-refractivity contribution in [3.63, 3.8) is 0 Å². The summed E-state index contributed by atoms with van der Waals surface area (Å²) in [7, 11) is 0. The zero-order valence-electron chi connectivity index (χ0n) is 14.3. The topological polar surface area (TPSA) is 78.4 Å². The molecule has 0 radical (unpaired) electrons. The van der Waals surface area contributed by atoms with Crippen molar-refractivity contribution in [2.24, 2.45) is 4.99 Å². The first-order valence-corrected chi connectivity index (χ1v) is 7.67. The van der Waals surface area contributed by atoms with E-state index in [0.29, 0.717) is 0 Å². The molecular weight excluding hydrogens is 347 g/mol. The summed E-state index contributed by atoms with van der Waals surface area (Å²) in [6, 6.07) is 5.77. The molecule has 0 saturated carbocycles. The summed E-state index contributed by atoms with van der Waals surface area (Å²) in [6.07, 6.45) is -3.35. The monoisotopic (exact) mass is 363 g/mol. The molecule has 0 atom stereocenters. The SMILES string of the molecule is Cc1c(C=Nc2cccc(C(F)(F)F)c2)c(O)n(C(C)C)c(=O)c1C#N. The van der Waals surface area contributed by atoms with Gasteiger partial charge in [0.1, 0.15) is 11.6 Å². The van der Waals surface area contributed by atoms with Gasteiger partial charge < -0.3 is 5.11 Å². The van der Waals surface area contributed by atoms with E-state index in [4.69, 9.17) is 0 Å². The molecule has 0 aliphatic heterocycles. The first kappa shape index (κ1) is 19.2. The summed E-state index contributed by atoms with van der Waals surface area (Å²) >= 11 is 0. The highest BCUT2D eigenvalue weighted by Crippen LogP contribution is 2.31. The average molecular weight is 363 g/mol. The summed E-state index contributed by atoms with van der Waals surface area (Å²) in [5, 5.41) is 19.6. The molecule has 0 bridgehead atoms. The van der Waals surface area contributed by atoms with Gasteiger partial charge in [0, 0.05) is 12.3 Å². The van der Waals surface area contributed by atoms with Crippen LogP contribution in [-0.2, 0) is 6.18 Å². The molecule has 136 valence electrons. The van der Waals surface area contributed by atoms with E-state index in [1.165, 1.54) is 19.1 Å². The fourth-order valence-electron chi connectivity index (χ4n) is 2.48. The lowest BCUT2D eigenvalue weighted by molar-refractivity contribution is -0.137. The van der Waals surface area contributed by atoms with E-state index in [2.05, 4.69) is 4.99 Å². The Morgan fingerprint density at radius 1 is 1.35 bits per heavy atom. The molecule has 0 aliphatic rings. The average Bonchev–Trinajstić information content (AvgIpc) is 2.54. The third-order valence-electron chi connectivity index (χ3n) is 3.83. The Morgan fingerprint density at radius 3 is 2.54 bits per heavy atom. The van der Waals surface area contributed by atoms with Gasteiger partial charge in [-0.05, 0) is 44.5 Å². The van der Waals surface area contributed by atoms with Gasteiger partial charge in [-0.3, -0.25) is 14.4 Å². The van der Waals surface area contributed by atoms with Crippen LogP contribution in [0, 0.1) is 18.3 Å². The van der Waals surface area contributed by atoms with Crippen molar-refractivity contribution in [3.8, 4) is 11.9 Å². The van der Waals surface area contributed by atoms with Gasteiger partial charge in [-0.2, -0.15) is 18.4 Å². The molecule has 0 aliphatic carbocycles. The number of pyridine rings is 1. The van der Waals surface area contributed by atoms with Crippen LogP contribution in [0.25, 0.3) is 0 Å². The van der Waals surface area contributed by atoms with Gasteiger partial charge in [0.05, 0.1) is 16.8 Å². The minimum Gasteiger partial charge on any atom is -0.494 e. The van der Waals surface area contributed by atoms with E-state index in [-0.39, 0.29) is 22.4 Å². The largest absolute Gasteiger partial charge is 0.494 e. The third-order valence-corrected chi connectivity index (χ3v) is 3.83. The van der Waals surface area contributed by atoms with Crippen LogP contribution in [0.4, 0.5) is 18.9 Å². The summed E-state index contributed by atoms with van der Waals surface area (Å²) < 4.78 is 39.4. The maximum absolute atomic E-state index is 12.8. The van der Waals surface area contributed by atoms with E-state index >= 15 is 0 Å². The summed E-state index contributed by atoms with van der Waals surface area (Å²) in [5.74, 6) is -0.391. The molecule has 1 aromatic heterocycles. The number of aromatic hydroxyl groups is 1. The molecule has 0 spiro atoms. The standard InChI is InChI=1S/C18H16F3N3O2/c1-10(2)24-16(25)14(8-22)11(3)15(17(24)26)9-23-13-6-4-5-12(7-13)18(19,20)21/h4-7,9-10,26H,1-3H3. The van der Waals surface area contributed by atoms with Gasteiger partial charge in [0.15, 0.2) is 0 Å². The van der Waals surface area contributed by atoms with E-state index < -0.39 is 29.2 Å². The number of hydrogen-bond donors (Lipinski definition) is 1. The molecule has 1 heterocycles. The molecule has 0 saturated heterocycles. The molecule has 2 aromatic rings. The number of aliphatic imine (C=N–C) groups is 1. The number of nitrogens with zero attached hydrogens (tertiary/aromatic N) is 3. The fraction of sp³-hybridized carbons (Fsp3) is 0.278. The molecule has 0 amide bonds. The summed E-state index contributed by atoms with van der Waals surface area (Å²) in [5.41, 5.74) is -1.29. The Kier molecular flexibility index (Phi) is 5.21. The maximum Gasteiger partial charge on any atom is 0.416 e. The van der Waals surface area contributed by atoms with Crippen LogP contribution < -0.4 is 5.56 Å². The van der Waals surface area contributed by atoms with Crippen molar-refractivity contribution in [3.05, 3.63) is 56.9 Å². The Labute approximate surface area is 147 Å². The predicted octanol–water partition coefficient (Wildman–Crippen LogP) is 4.08. The normalized spacial score (nSPS) is 11.9. The lowest BCUT2D eigenvalue weighted by atomic mass is 10.1. The smallest absolute Gasteiger partial charge is 0.416 e. The number of halogens is 3. The van der Waals surface area contributed by atoms with Crippen LogP contribution >= 0.6 is 0 Å². The van der Waals surface area contributed by atoms with Gasteiger partial charge in [-0.25, -0.2) is 0 Å². The third kappa shape index (κ3) is 3.61. The zero-order valence-corrected chi connectivity index (χ0v) is 14.3. The number of nitriles is 1. The molecule has 2 rings (SSSR count). The Hall–Kier alpha value is -3.08. The number of hydrogen-bond acceptors (Lipinski definition) is 4. The quantitative estimate of drug-likeness (QED) is 0.835. The van der Waals surface area contributed by atoms with Crippen molar-refractivity contribution in [1.82, 2.24) is 4.57 Å². The molecule has 0 fully saturated rings. The molecule has 1 aromatic carbocycles. The molecular formula is C18H16F3N3O2.